The average Bonchev–Trinajstić information content (AvgIpc) is 2.85. The molecule has 0 saturated carbocycles. The quantitative estimate of drug-likeness (QED) is 0.635. The summed E-state index contributed by atoms with van der Waals surface area (Å²) < 4.78 is 37.8. The van der Waals surface area contributed by atoms with Crippen LogP contribution in [-0.2, 0) is 32.6 Å². The summed E-state index contributed by atoms with van der Waals surface area (Å²) in [5.41, 5.74) is 2.29. The van der Waals surface area contributed by atoms with E-state index in [1.54, 1.807) is 0 Å². The second kappa shape index (κ2) is 10.9. The van der Waals surface area contributed by atoms with E-state index in [0.717, 1.165) is 38.4 Å². The van der Waals surface area contributed by atoms with Gasteiger partial charge in [0.25, 0.3) is 5.91 Å². The van der Waals surface area contributed by atoms with Gasteiger partial charge in [-0.1, -0.05) is 35.9 Å². The van der Waals surface area contributed by atoms with Crippen LogP contribution in [0.5, 0.6) is 0 Å². The van der Waals surface area contributed by atoms with Crippen LogP contribution in [0.2, 0.25) is 5.02 Å². The third-order valence-corrected chi connectivity index (χ3v) is 8.00. The van der Waals surface area contributed by atoms with Gasteiger partial charge in [0, 0.05) is 39.3 Å². The lowest BCUT2D eigenvalue weighted by molar-refractivity contribution is 0.0342. The van der Waals surface area contributed by atoms with Crippen LogP contribution >= 0.6 is 11.6 Å². The van der Waals surface area contributed by atoms with Crippen LogP contribution in [0.15, 0.2) is 47.4 Å². The molecule has 2 aliphatic heterocycles. The van der Waals surface area contributed by atoms with Gasteiger partial charge in [-0.2, -0.15) is 4.31 Å². The van der Waals surface area contributed by atoms with Gasteiger partial charge >= 0.3 is 0 Å². The fraction of sp³-hybridized carbons (Fsp3) is 0.435. The van der Waals surface area contributed by atoms with Crippen molar-refractivity contribution >= 4 is 27.5 Å². The largest absolute Gasteiger partial charge is 0.379 e. The van der Waals surface area contributed by atoms with Crippen LogP contribution in [0.1, 0.15) is 21.5 Å². The molecule has 0 aliphatic carbocycles. The molecule has 1 amide bonds. The third kappa shape index (κ3) is 6.11. The van der Waals surface area contributed by atoms with Crippen molar-refractivity contribution in [3.63, 3.8) is 0 Å². The van der Waals surface area contributed by atoms with E-state index in [-0.39, 0.29) is 28.6 Å². The lowest BCUT2D eigenvalue weighted by Crippen LogP contribution is -2.40. The highest BCUT2D eigenvalue weighted by atomic mass is 35.5. The maximum absolute atomic E-state index is 12.9. The molecule has 0 atom stereocenters. The average molecular weight is 494 g/mol. The number of nitrogens with one attached hydrogen (secondary N) is 1. The number of morpholine rings is 2. The zero-order chi connectivity index (χ0) is 23.3. The van der Waals surface area contributed by atoms with Gasteiger partial charge in [0.2, 0.25) is 10.0 Å². The summed E-state index contributed by atoms with van der Waals surface area (Å²) >= 11 is 6.22. The Morgan fingerprint density at radius 2 is 1.52 bits per heavy atom. The predicted molar refractivity (Wildman–Crippen MR) is 125 cm³/mol. The number of benzene rings is 2. The lowest BCUT2D eigenvalue weighted by Gasteiger charge is -2.26. The molecule has 8 nitrogen and oxygen atoms in total. The number of ether oxygens (including phenoxy) is 2. The zero-order valence-corrected chi connectivity index (χ0v) is 19.9. The number of carbonyl (C=O) groups excluding carboxylic acids is 1. The minimum absolute atomic E-state index is 0.0476. The predicted octanol–water partition coefficient (Wildman–Crippen LogP) is 2.12. The first kappa shape index (κ1) is 24.1. The summed E-state index contributed by atoms with van der Waals surface area (Å²) in [5, 5.41) is 3.04. The van der Waals surface area contributed by atoms with Crippen LogP contribution in [0, 0.1) is 0 Å². The minimum Gasteiger partial charge on any atom is -0.379 e. The van der Waals surface area contributed by atoms with Crippen LogP contribution in [0.3, 0.4) is 0 Å². The molecule has 0 unspecified atom stereocenters. The summed E-state index contributed by atoms with van der Waals surface area (Å²) in [7, 11) is -3.72. The molecule has 2 aromatic carbocycles. The molecule has 2 aliphatic rings. The van der Waals surface area contributed by atoms with E-state index in [0.29, 0.717) is 19.8 Å². The fourth-order valence-electron chi connectivity index (χ4n) is 3.83. The highest BCUT2D eigenvalue weighted by Crippen LogP contribution is 2.24. The number of carbonyl (C=O) groups is 1. The summed E-state index contributed by atoms with van der Waals surface area (Å²) in [6.07, 6.45) is 0. The number of hydrogen-bond donors (Lipinski definition) is 1. The molecular weight excluding hydrogens is 466 g/mol. The molecule has 178 valence electrons. The molecule has 2 fully saturated rings. The van der Waals surface area contributed by atoms with Crippen LogP contribution in [0.4, 0.5) is 0 Å². The van der Waals surface area contributed by atoms with Crippen molar-refractivity contribution in [3.05, 3.63) is 64.2 Å². The van der Waals surface area contributed by atoms with Gasteiger partial charge < -0.3 is 14.8 Å². The van der Waals surface area contributed by atoms with E-state index in [1.165, 1.54) is 28.1 Å². The van der Waals surface area contributed by atoms with Crippen molar-refractivity contribution in [2.75, 3.05) is 52.6 Å². The van der Waals surface area contributed by atoms with Crippen molar-refractivity contribution in [1.82, 2.24) is 14.5 Å². The zero-order valence-electron chi connectivity index (χ0n) is 18.3. The van der Waals surface area contributed by atoms with Crippen LogP contribution in [0.25, 0.3) is 0 Å². The highest BCUT2D eigenvalue weighted by Gasteiger charge is 2.27. The van der Waals surface area contributed by atoms with E-state index in [9.17, 15) is 13.2 Å². The van der Waals surface area contributed by atoms with Gasteiger partial charge in [-0.15, -0.1) is 0 Å². The maximum Gasteiger partial charge on any atom is 0.253 e. The summed E-state index contributed by atoms with van der Waals surface area (Å²) in [6, 6.07) is 12.3. The Labute approximate surface area is 199 Å². The van der Waals surface area contributed by atoms with E-state index in [4.69, 9.17) is 21.1 Å². The van der Waals surface area contributed by atoms with Crippen molar-refractivity contribution in [3.8, 4) is 0 Å². The summed E-state index contributed by atoms with van der Waals surface area (Å²) in [5.74, 6) is -0.420. The molecule has 33 heavy (non-hydrogen) atoms. The molecule has 0 bridgehead atoms. The number of hydrogen-bond acceptors (Lipinski definition) is 6. The summed E-state index contributed by atoms with van der Waals surface area (Å²) in [6.45, 7) is 5.85. The highest BCUT2D eigenvalue weighted by molar-refractivity contribution is 7.89. The van der Waals surface area contributed by atoms with E-state index >= 15 is 0 Å². The second-order valence-corrected chi connectivity index (χ2v) is 10.4. The lowest BCUT2D eigenvalue weighted by atomic mass is 10.1. The molecule has 0 radical (unpaired) electrons. The molecule has 1 N–H and O–H groups in total. The Balaban J connectivity index is 1.38. The van der Waals surface area contributed by atoms with Gasteiger partial charge in [0.1, 0.15) is 0 Å². The van der Waals surface area contributed by atoms with Crippen LogP contribution < -0.4 is 5.32 Å². The van der Waals surface area contributed by atoms with Gasteiger partial charge in [-0.3, -0.25) is 9.69 Å². The van der Waals surface area contributed by atoms with Crippen molar-refractivity contribution in [2.24, 2.45) is 0 Å². The summed E-state index contributed by atoms with van der Waals surface area (Å²) in [4.78, 5) is 15.2. The second-order valence-electron chi connectivity index (χ2n) is 8.05. The third-order valence-electron chi connectivity index (χ3n) is 5.78. The monoisotopic (exact) mass is 493 g/mol. The smallest absolute Gasteiger partial charge is 0.253 e. The first-order valence-corrected chi connectivity index (χ1v) is 12.8. The van der Waals surface area contributed by atoms with Crippen molar-refractivity contribution in [2.45, 2.75) is 18.0 Å². The SMILES string of the molecule is O=C(NCc1ccc(CN2CCOCC2)cc1)c1cc(S(=O)(=O)N2CCOCC2)ccc1Cl. The minimum atomic E-state index is -3.72. The van der Waals surface area contributed by atoms with E-state index < -0.39 is 15.9 Å². The van der Waals surface area contributed by atoms with Crippen LogP contribution in [-0.4, -0.2) is 76.1 Å². The van der Waals surface area contributed by atoms with Crippen molar-refractivity contribution < 1.29 is 22.7 Å². The standard InChI is InChI=1S/C23H28ClN3O5S/c24-22-6-5-20(33(29,30)27-9-13-32-14-10-27)15-21(22)23(28)25-16-18-1-3-19(4-2-18)17-26-7-11-31-12-8-26/h1-6,15H,7-14,16-17H2,(H,25,28). The molecule has 0 spiro atoms. The molecular formula is C23H28ClN3O5S. The number of sulfonamides is 1. The first-order valence-electron chi connectivity index (χ1n) is 11.0. The Morgan fingerprint density at radius 1 is 0.909 bits per heavy atom. The van der Waals surface area contributed by atoms with Gasteiger partial charge in [-0.05, 0) is 29.3 Å². The number of halogens is 1. The maximum atomic E-state index is 12.9. The number of nitrogens with zero attached hydrogens (tertiary/aromatic N) is 2. The molecule has 2 heterocycles. The van der Waals surface area contributed by atoms with E-state index in [2.05, 4.69) is 22.3 Å². The molecule has 2 aromatic rings. The molecule has 2 saturated heterocycles. The topological polar surface area (TPSA) is 88.2 Å². The molecule has 0 aromatic heterocycles. The Hall–Kier alpha value is -2.01. The Bertz CT molecular complexity index is 1070. The normalized spacial score (nSPS) is 18.2. The Kier molecular flexibility index (Phi) is 8.00. The first-order chi connectivity index (χ1) is 15.9. The Morgan fingerprint density at radius 3 is 2.18 bits per heavy atom. The van der Waals surface area contributed by atoms with Crippen molar-refractivity contribution in [1.29, 1.82) is 0 Å². The molecule has 10 heteroatoms. The fourth-order valence-corrected chi connectivity index (χ4v) is 5.47. The van der Waals surface area contributed by atoms with Gasteiger partial charge in [-0.25, -0.2) is 8.42 Å². The van der Waals surface area contributed by atoms with Gasteiger partial charge in [0.05, 0.1) is 41.9 Å². The number of amides is 1. The molecule has 4 rings (SSSR count). The van der Waals surface area contributed by atoms with Gasteiger partial charge in [0.15, 0.2) is 0 Å². The number of rotatable bonds is 7. The van der Waals surface area contributed by atoms with E-state index in [1.807, 2.05) is 12.1 Å².